The summed E-state index contributed by atoms with van der Waals surface area (Å²) in [4.78, 5) is 20.5. The fraction of sp³-hybridized carbons (Fsp3) is 0.571. The van der Waals surface area contributed by atoms with Crippen molar-refractivity contribution in [2.75, 3.05) is 42.7 Å². The van der Waals surface area contributed by atoms with E-state index in [4.69, 9.17) is 16.3 Å². The average molecular weight is 312 g/mol. The van der Waals surface area contributed by atoms with Crippen LogP contribution in [0.15, 0.2) is 12.3 Å². The minimum atomic E-state index is -0.0940. The van der Waals surface area contributed by atoms with Crippen LogP contribution >= 0.6 is 11.6 Å². The molecule has 1 amide bonds. The Balaban J connectivity index is 2.08. The van der Waals surface area contributed by atoms with Gasteiger partial charge in [-0.15, -0.1) is 0 Å². The number of β-amino-alcohol motifs (C(OH)–C–C–N with tert-alkyl or cyclic N) is 1. The SMILES string of the molecule is O=C1CC2CCOCCN2c2cc(Cl)cnc2N1CCO. The second-order valence-corrected chi connectivity index (χ2v) is 5.65. The smallest absolute Gasteiger partial charge is 0.230 e. The molecular weight excluding hydrogens is 294 g/mol. The molecular formula is C14H18ClN3O3. The maximum atomic E-state index is 12.5. The predicted molar refractivity (Wildman–Crippen MR) is 79.9 cm³/mol. The van der Waals surface area contributed by atoms with Crippen LogP contribution in [0, 0.1) is 0 Å². The van der Waals surface area contributed by atoms with E-state index in [2.05, 4.69) is 9.88 Å². The third kappa shape index (κ3) is 2.84. The first-order chi connectivity index (χ1) is 10.2. The minimum Gasteiger partial charge on any atom is -0.395 e. The van der Waals surface area contributed by atoms with E-state index in [1.807, 2.05) is 6.07 Å². The summed E-state index contributed by atoms with van der Waals surface area (Å²) in [7, 11) is 0. The van der Waals surface area contributed by atoms with Crippen LogP contribution < -0.4 is 9.80 Å². The van der Waals surface area contributed by atoms with Gasteiger partial charge >= 0.3 is 0 Å². The number of hydrogen-bond acceptors (Lipinski definition) is 5. The molecule has 0 saturated carbocycles. The monoisotopic (exact) mass is 311 g/mol. The van der Waals surface area contributed by atoms with Gasteiger partial charge in [-0.1, -0.05) is 11.6 Å². The van der Waals surface area contributed by atoms with Gasteiger partial charge in [0.1, 0.15) is 0 Å². The molecule has 3 rings (SSSR count). The number of hydrogen-bond donors (Lipinski definition) is 1. The molecule has 2 aliphatic rings. The van der Waals surface area contributed by atoms with E-state index in [9.17, 15) is 9.90 Å². The molecule has 1 unspecified atom stereocenters. The Morgan fingerprint density at radius 3 is 3.14 bits per heavy atom. The zero-order chi connectivity index (χ0) is 14.8. The van der Waals surface area contributed by atoms with Gasteiger partial charge in [-0.25, -0.2) is 4.98 Å². The Hall–Kier alpha value is -1.37. The molecule has 1 aromatic heterocycles. The number of carbonyl (C=O) groups is 1. The molecule has 0 spiro atoms. The molecule has 2 aliphatic heterocycles. The lowest BCUT2D eigenvalue weighted by molar-refractivity contribution is -0.119. The largest absolute Gasteiger partial charge is 0.395 e. The molecule has 1 aromatic rings. The van der Waals surface area contributed by atoms with Crippen LogP contribution in [-0.4, -0.2) is 54.9 Å². The Morgan fingerprint density at radius 2 is 2.33 bits per heavy atom. The highest BCUT2D eigenvalue weighted by atomic mass is 35.5. The molecule has 1 saturated heterocycles. The minimum absolute atomic E-state index is 0.0190. The first-order valence-electron chi connectivity index (χ1n) is 7.12. The standard InChI is InChI=1S/C14H18ClN3O3/c15-10-7-12-14(16-9-10)18(2-4-19)13(20)8-11-1-5-21-6-3-17(11)12/h7,9,11,19H,1-6,8H2. The fourth-order valence-corrected chi connectivity index (χ4v) is 3.11. The first-order valence-corrected chi connectivity index (χ1v) is 7.49. The van der Waals surface area contributed by atoms with Gasteiger partial charge in [-0.3, -0.25) is 9.69 Å². The second-order valence-electron chi connectivity index (χ2n) is 5.22. The van der Waals surface area contributed by atoms with Crippen LogP contribution in [0.25, 0.3) is 0 Å². The number of carbonyl (C=O) groups excluding carboxylic acids is 1. The number of amides is 1. The van der Waals surface area contributed by atoms with Gasteiger partial charge in [0.15, 0.2) is 5.82 Å². The number of ether oxygens (including phenoxy) is 1. The lowest BCUT2D eigenvalue weighted by atomic mass is 10.1. The van der Waals surface area contributed by atoms with Gasteiger partial charge in [0.2, 0.25) is 5.91 Å². The Labute approximate surface area is 128 Å². The Morgan fingerprint density at radius 1 is 1.48 bits per heavy atom. The number of aliphatic hydroxyl groups excluding tert-OH is 1. The number of pyridine rings is 1. The zero-order valence-electron chi connectivity index (χ0n) is 11.7. The van der Waals surface area contributed by atoms with Gasteiger partial charge in [0, 0.05) is 31.8 Å². The van der Waals surface area contributed by atoms with Crippen molar-refractivity contribution in [3.63, 3.8) is 0 Å². The Kier molecular flexibility index (Phi) is 4.28. The average Bonchev–Trinajstić information content (AvgIpc) is 2.74. The molecule has 7 heteroatoms. The lowest BCUT2D eigenvalue weighted by Gasteiger charge is -2.29. The molecule has 1 fully saturated rings. The van der Waals surface area contributed by atoms with Gasteiger partial charge in [-0.05, 0) is 12.5 Å². The molecule has 6 nitrogen and oxygen atoms in total. The molecule has 1 atom stereocenters. The zero-order valence-corrected chi connectivity index (χ0v) is 12.4. The molecule has 0 radical (unpaired) electrons. The predicted octanol–water partition coefficient (Wildman–Crippen LogP) is 1.06. The number of halogens is 1. The van der Waals surface area contributed by atoms with Crippen molar-refractivity contribution in [1.82, 2.24) is 4.98 Å². The molecule has 114 valence electrons. The summed E-state index contributed by atoms with van der Waals surface area (Å²) >= 11 is 6.09. The summed E-state index contributed by atoms with van der Waals surface area (Å²) in [6.45, 7) is 2.13. The van der Waals surface area contributed by atoms with Crippen molar-refractivity contribution in [2.45, 2.75) is 18.9 Å². The van der Waals surface area contributed by atoms with Crippen LogP contribution in [0.5, 0.6) is 0 Å². The summed E-state index contributed by atoms with van der Waals surface area (Å²) in [6.07, 6.45) is 2.73. The quantitative estimate of drug-likeness (QED) is 0.884. The topological polar surface area (TPSA) is 65.9 Å². The summed E-state index contributed by atoms with van der Waals surface area (Å²) in [5, 5.41) is 9.77. The highest BCUT2D eigenvalue weighted by Crippen LogP contribution is 2.36. The van der Waals surface area contributed by atoms with E-state index < -0.39 is 0 Å². The summed E-state index contributed by atoms with van der Waals surface area (Å²) in [6, 6.07) is 1.92. The molecule has 0 aliphatic carbocycles. The summed E-state index contributed by atoms with van der Waals surface area (Å²) < 4.78 is 5.52. The second kappa shape index (κ2) is 6.17. The van der Waals surface area contributed by atoms with E-state index in [-0.39, 0.29) is 25.1 Å². The highest BCUT2D eigenvalue weighted by Gasteiger charge is 2.34. The van der Waals surface area contributed by atoms with E-state index in [1.54, 1.807) is 4.90 Å². The van der Waals surface area contributed by atoms with E-state index in [1.165, 1.54) is 6.20 Å². The molecule has 0 aromatic carbocycles. The normalized spacial score (nSPS) is 22.4. The highest BCUT2D eigenvalue weighted by molar-refractivity contribution is 6.30. The maximum Gasteiger partial charge on any atom is 0.230 e. The summed E-state index contributed by atoms with van der Waals surface area (Å²) in [5.41, 5.74) is 0.845. The molecule has 0 bridgehead atoms. The van der Waals surface area contributed by atoms with Crippen LogP contribution in [-0.2, 0) is 9.53 Å². The van der Waals surface area contributed by atoms with Crippen molar-refractivity contribution >= 4 is 29.0 Å². The first kappa shape index (κ1) is 14.6. The number of fused-ring (bicyclic) bond motifs is 3. The third-order valence-electron chi connectivity index (χ3n) is 3.93. The number of aromatic nitrogens is 1. The van der Waals surface area contributed by atoms with Crippen molar-refractivity contribution in [1.29, 1.82) is 0 Å². The van der Waals surface area contributed by atoms with Crippen molar-refractivity contribution in [2.24, 2.45) is 0 Å². The maximum absolute atomic E-state index is 12.5. The van der Waals surface area contributed by atoms with Crippen molar-refractivity contribution in [3.8, 4) is 0 Å². The van der Waals surface area contributed by atoms with Crippen molar-refractivity contribution in [3.05, 3.63) is 17.3 Å². The van der Waals surface area contributed by atoms with Gasteiger partial charge in [0.25, 0.3) is 0 Å². The Bertz CT molecular complexity index is 540. The number of aliphatic hydroxyl groups is 1. The van der Waals surface area contributed by atoms with E-state index in [0.717, 1.165) is 12.1 Å². The van der Waals surface area contributed by atoms with Crippen molar-refractivity contribution < 1.29 is 14.6 Å². The summed E-state index contributed by atoms with van der Waals surface area (Å²) in [5.74, 6) is 0.553. The van der Waals surface area contributed by atoms with Gasteiger partial charge in [0.05, 0.1) is 30.5 Å². The number of nitrogens with zero attached hydrogens (tertiary/aromatic N) is 3. The molecule has 21 heavy (non-hydrogen) atoms. The fourth-order valence-electron chi connectivity index (χ4n) is 2.95. The third-order valence-corrected chi connectivity index (χ3v) is 4.13. The van der Waals surface area contributed by atoms with Gasteiger partial charge in [-0.2, -0.15) is 0 Å². The number of anilines is 2. The molecule has 3 heterocycles. The van der Waals surface area contributed by atoms with Crippen LogP contribution in [0.1, 0.15) is 12.8 Å². The van der Waals surface area contributed by atoms with Gasteiger partial charge < -0.3 is 14.7 Å². The number of rotatable bonds is 2. The lowest BCUT2D eigenvalue weighted by Crippen LogP contribution is -2.38. The van der Waals surface area contributed by atoms with E-state index in [0.29, 0.717) is 37.0 Å². The van der Waals surface area contributed by atoms with Crippen LogP contribution in [0.4, 0.5) is 11.5 Å². The van der Waals surface area contributed by atoms with Crippen LogP contribution in [0.2, 0.25) is 5.02 Å². The van der Waals surface area contributed by atoms with E-state index >= 15 is 0 Å². The molecule has 1 N–H and O–H groups in total. The van der Waals surface area contributed by atoms with Crippen LogP contribution in [0.3, 0.4) is 0 Å².